The fourth-order valence-corrected chi connectivity index (χ4v) is 4.41. The van der Waals surface area contributed by atoms with E-state index in [0.29, 0.717) is 30.2 Å². The van der Waals surface area contributed by atoms with Crippen LogP contribution in [0.3, 0.4) is 0 Å². The van der Waals surface area contributed by atoms with Crippen molar-refractivity contribution in [1.29, 1.82) is 0 Å². The van der Waals surface area contributed by atoms with Gasteiger partial charge in [0.2, 0.25) is 0 Å². The average Bonchev–Trinajstić information content (AvgIpc) is 3.07. The molecule has 0 saturated heterocycles. The van der Waals surface area contributed by atoms with E-state index in [2.05, 4.69) is 15.3 Å². The van der Waals surface area contributed by atoms with E-state index in [1.165, 1.54) is 11.3 Å². The molecule has 0 spiro atoms. The summed E-state index contributed by atoms with van der Waals surface area (Å²) in [6.07, 6.45) is 0.309. The topological polar surface area (TPSA) is 84.4 Å². The van der Waals surface area contributed by atoms with Gasteiger partial charge in [-0.25, -0.2) is 9.78 Å². The highest BCUT2D eigenvalue weighted by molar-refractivity contribution is 7.15. The number of hydrogen-bond acceptors (Lipinski definition) is 6. The van der Waals surface area contributed by atoms with Gasteiger partial charge in [-0.05, 0) is 39.8 Å². The van der Waals surface area contributed by atoms with Crippen molar-refractivity contribution in [2.75, 3.05) is 11.9 Å². The number of carbonyl (C=O) groups excluding carboxylic acids is 2. The molecule has 4 rings (SSSR count). The van der Waals surface area contributed by atoms with Crippen molar-refractivity contribution in [1.82, 2.24) is 14.9 Å². The number of hydrogen-bond donors (Lipinski definition) is 1. The van der Waals surface area contributed by atoms with Gasteiger partial charge in [-0.1, -0.05) is 29.5 Å². The van der Waals surface area contributed by atoms with Crippen molar-refractivity contribution in [2.24, 2.45) is 0 Å². The molecule has 7 nitrogen and oxygen atoms in total. The summed E-state index contributed by atoms with van der Waals surface area (Å²) in [6, 6.07) is 9.37. The second-order valence-corrected chi connectivity index (χ2v) is 9.41. The molecule has 0 bridgehead atoms. The molecule has 0 saturated carbocycles. The van der Waals surface area contributed by atoms with Gasteiger partial charge in [0, 0.05) is 28.9 Å². The lowest BCUT2D eigenvalue weighted by Gasteiger charge is -2.29. The second-order valence-electron chi connectivity index (χ2n) is 8.32. The molecule has 0 fully saturated rings. The van der Waals surface area contributed by atoms with Crippen LogP contribution in [0.15, 0.2) is 30.3 Å². The first kappa shape index (κ1) is 20.3. The highest BCUT2D eigenvalue weighted by Gasteiger charge is 2.28. The smallest absolute Gasteiger partial charge is 0.410 e. The third-order valence-corrected chi connectivity index (χ3v) is 5.69. The van der Waals surface area contributed by atoms with E-state index in [1.54, 1.807) is 11.0 Å². The Morgan fingerprint density at radius 3 is 2.73 bits per heavy atom. The Kier molecular flexibility index (Phi) is 5.19. The van der Waals surface area contributed by atoms with Crippen LogP contribution in [-0.4, -0.2) is 39.0 Å². The molecule has 156 valence electrons. The number of para-hydroxylation sites is 1. The number of aromatic nitrogens is 2. The van der Waals surface area contributed by atoms with E-state index in [9.17, 15) is 9.59 Å². The quantitative estimate of drug-likeness (QED) is 0.653. The number of fused-ring (bicyclic) bond motifs is 2. The van der Waals surface area contributed by atoms with E-state index in [0.717, 1.165) is 27.2 Å². The Hall–Kier alpha value is -3.00. The number of pyridine rings is 1. The van der Waals surface area contributed by atoms with Crippen molar-refractivity contribution in [2.45, 2.75) is 46.3 Å². The first-order valence-electron chi connectivity index (χ1n) is 9.84. The Morgan fingerprint density at radius 1 is 1.20 bits per heavy atom. The summed E-state index contributed by atoms with van der Waals surface area (Å²) in [7, 11) is 0. The first-order chi connectivity index (χ1) is 14.2. The maximum atomic E-state index is 13.0. The Labute approximate surface area is 179 Å². The molecule has 1 N–H and O–H groups in total. The number of anilines is 1. The Balaban J connectivity index is 1.52. The lowest BCUT2D eigenvalue weighted by molar-refractivity contribution is 0.0225. The number of benzene rings is 1. The largest absolute Gasteiger partial charge is 0.444 e. The maximum Gasteiger partial charge on any atom is 0.410 e. The van der Waals surface area contributed by atoms with Gasteiger partial charge in [0.05, 0.1) is 23.3 Å². The molecule has 1 aromatic carbocycles. The molecule has 3 heterocycles. The predicted molar refractivity (Wildman–Crippen MR) is 117 cm³/mol. The zero-order chi connectivity index (χ0) is 21.5. The number of nitrogens with one attached hydrogen (secondary N) is 1. The molecule has 3 aromatic rings. The maximum absolute atomic E-state index is 13.0. The van der Waals surface area contributed by atoms with Crippen molar-refractivity contribution >= 4 is 39.4 Å². The summed E-state index contributed by atoms with van der Waals surface area (Å²) in [5.41, 5.74) is 2.53. The summed E-state index contributed by atoms with van der Waals surface area (Å²) in [5.74, 6) is -0.216. The molecule has 0 radical (unpaired) electrons. The molecule has 8 heteroatoms. The minimum Gasteiger partial charge on any atom is -0.444 e. The standard InChI is InChI=1S/C22H24N4O3S/c1-13-11-15(14-7-5-6-8-16(14)23-13)19(27)25-20-24-17-9-10-26(12-18(17)30-20)21(28)29-22(2,3)4/h5-8,11H,9-10,12H2,1-4H3,(H,24,25,27). The number of ether oxygens (including phenoxy) is 1. The molecule has 2 aromatic heterocycles. The molecule has 30 heavy (non-hydrogen) atoms. The monoisotopic (exact) mass is 424 g/mol. The molecule has 1 aliphatic rings. The highest BCUT2D eigenvalue weighted by Crippen LogP contribution is 2.30. The fourth-order valence-electron chi connectivity index (χ4n) is 3.39. The second kappa shape index (κ2) is 7.68. The van der Waals surface area contributed by atoms with Crippen LogP contribution in [0.5, 0.6) is 0 Å². The van der Waals surface area contributed by atoms with E-state index in [-0.39, 0.29) is 12.0 Å². The van der Waals surface area contributed by atoms with Gasteiger partial charge in [0.1, 0.15) is 5.60 Å². The molecular formula is C22H24N4O3S. The van der Waals surface area contributed by atoms with Gasteiger partial charge in [0.15, 0.2) is 5.13 Å². The van der Waals surface area contributed by atoms with Crippen LogP contribution in [0.2, 0.25) is 0 Å². The van der Waals surface area contributed by atoms with Gasteiger partial charge < -0.3 is 9.64 Å². The van der Waals surface area contributed by atoms with Crippen LogP contribution < -0.4 is 5.32 Å². The van der Waals surface area contributed by atoms with Gasteiger partial charge in [-0.15, -0.1) is 0 Å². The van der Waals surface area contributed by atoms with Crippen LogP contribution in [0.1, 0.15) is 47.4 Å². The van der Waals surface area contributed by atoms with Gasteiger partial charge >= 0.3 is 6.09 Å². The minimum atomic E-state index is -0.532. The first-order valence-corrected chi connectivity index (χ1v) is 10.7. The van der Waals surface area contributed by atoms with Crippen molar-refractivity contribution in [3.63, 3.8) is 0 Å². The molecule has 0 unspecified atom stereocenters. The number of rotatable bonds is 2. The number of nitrogens with zero attached hydrogens (tertiary/aromatic N) is 3. The van der Waals surface area contributed by atoms with Crippen LogP contribution in [0, 0.1) is 6.92 Å². The number of thiazole rings is 1. The zero-order valence-corrected chi connectivity index (χ0v) is 18.3. The zero-order valence-electron chi connectivity index (χ0n) is 17.5. The van der Waals surface area contributed by atoms with Crippen LogP contribution in [-0.2, 0) is 17.7 Å². The molecule has 0 aliphatic carbocycles. The SMILES string of the molecule is Cc1cc(C(=O)Nc2nc3c(s2)CN(C(=O)OC(C)(C)C)CC3)c2ccccc2n1. The van der Waals surface area contributed by atoms with Crippen LogP contribution >= 0.6 is 11.3 Å². The molecule has 2 amide bonds. The highest BCUT2D eigenvalue weighted by atomic mass is 32.1. The lowest BCUT2D eigenvalue weighted by atomic mass is 10.1. The summed E-state index contributed by atoms with van der Waals surface area (Å²) >= 11 is 1.40. The predicted octanol–water partition coefficient (Wildman–Crippen LogP) is 4.55. The number of aryl methyl sites for hydroxylation is 1. The van der Waals surface area contributed by atoms with E-state index >= 15 is 0 Å². The Morgan fingerprint density at radius 2 is 1.97 bits per heavy atom. The summed E-state index contributed by atoms with van der Waals surface area (Å²) in [5, 5.41) is 4.26. The van der Waals surface area contributed by atoms with Gasteiger partial charge in [-0.2, -0.15) is 0 Å². The molecular weight excluding hydrogens is 400 g/mol. The number of amides is 2. The summed E-state index contributed by atoms with van der Waals surface area (Å²) in [6.45, 7) is 8.42. The third kappa shape index (κ3) is 4.28. The average molecular weight is 425 g/mol. The van der Waals surface area contributed by atoms with Crippen LogP contribution in [0.4, 0.5) is 9.93 Å². The van der Waals surface area contributed by atoms with Crippen molar-refractivity contribution in [3.05, 3.63) is 52.2 Å². The Bertz CT molecular complexity index is 1130. The van der Waals surface area contributed by atoms with Crippen molar-refractivity contribution < 1.29 is 14.3 Å². The van der Waals surface area contributed by atoms with Crippen molar-refractivity contribution in [3.8, 4) is 0 Å². The van der Waals surface area contributed by atoms with E-state index in [4.69, 9.17) is 4.74 Å². The van der Waals surface area contributed by atoms with Gasteiger partial charge in [0.25, 0.3) is 5.91 Å². The van der Waals surface area contributed by atoms with E-state index in [1.807, 2.05) is 52.0 Å². The number of carbonyl (C=O) groups is 2. The molecule has 1 aliphatic heterocycles. The normalized spacial score (nSPS) is 13.8. The molecule has 0 atom stereocenters. The fraction of sp³-hybridized carbons (Fsp3) is 0.364. The minimum absolute atomic E-state index is 0.216. The lowest BCUT2D eigenvalue weighted by Crippen LogP contribution is -2.39. The van der Waals surface area contributed by atoms with Gasteiger partial charge in [-0.3, -0.25) is 15.1 Å². The summed E-state index contributed by atoms with van der Waals surface area (Å²) in [4.78, 5) is 37.0. The summed E-state index contributed by atoms with van der Waals surface area (Å²) < 4.78 is 5.47. The van der Waals surface area contributed by atoms with Crippen LogP contribution in [0.25, 0.3) is 10.9 Å². The third-order valence-electron chi connectivity index (χ3n) is 4.69. The van der Waals surface area contributed by atoms with E-state index < -0.39 is 5.60 Å².